The normalized spacial score (nSPS) is 10.3. The fraction of sp³-hybridized carbons (Fsp3) is 0.333. The molecule has 0 amide bonds. The first-order valence-corrected chi connectivity index (χ1v) is 10.4. The molecule has 0 bridgehead atoms. The summed E-state index contributed by atoms with van der Waals surface area (Å²) in [5, 5.41) is 0. The molecule has 3 nitrogen and oxygen atoms in total. The van der Waals surface area contributed by atoms with Crippen LogP contribution in [0.15, 0.2) is 24.3 Å². The summed E-state index contributed by atoms with van der Waals surface area (Å²) >= 11 is 0. The Kier molecular flexibility index (Phi) is 6.63. The Hall–Kier alpha value is -2.30. The van der Waals surface area contributed by atoms with Crippen LogP contribution in [0.4, 0.5) is 0 Å². The summed E-state index contributed by atoms with van der Waals surface area (Å²) in [4.78, 5) is 0. The average molecular weight is 314 g/mol. The second kappa shape index (κ2) is 8.22. The average Bonchev–Trinajstić information content (AvgIpc) is 2.48. The van der Waals surface area contributed by atoms with E-state index < -0.39 is 8.07 Å². The molecule has 0 fully saturated rings. The Morgan fingerprint density at radius 1 is 0.864 bits per heavy atom. The van der Waals surface area contributed by atoms with Crippen LogP contribution in [0.25, 0.3) is 0 Å². The molecule has 4 heteroatoms. The lowest BCUT2D eigenvalue weighted by atomic mass is 10.2. The molecule has 22 heavy (non-hydrogen) atoms. The third-order valence-corrected chi connectivity index (χ3v) is 3.47. The third kappa shape index (κ3) is 5.59. The minimum atomic E-state index is -1.32. The van der Waals surface area contributed by atoms with E-state index in [1.54, 1.807) is 33.5 Å². The van der Waals surface area contributed by atoms with Gasteiger partial charge in [-0.25, -0.2) is 0 Å². The largest absolute Gasteiger partial charge is 0.493 e. The van der Waals surface area contributed by atoms with E-state index in [1.807, 2.05) is 12.1 Å². The minimum Gasteiger partial charge on any atom is -0.493 e. The van der Waals surface area contributed by atoms with E-state index in [9.17, 15) is 0 Å². The zero-order valence-corrected chi connectivity index (χ0v) is 15.0. The van der Waals surface area contributed by atoms with Gasteiger partial charge >= 0.3 is 0 Å². The van der Waals surface area contributed by atoms with E-state index in [0.29, 0.717) is 17.2 Å². The van der Waals surface area contributed by atoms with Gasteiger partial charge in [-0.15, -0.1) is 5.54 Å². The fourth-order valence-electron chi connectivity index (χ4n) is 1.62. The Balaban J connectivity index is 2.98. The summed E-state index contributed by atoms with van der Waals surface area (Å²) in [5.74, 6) is 10.8. The molecule has 0 aliphatic carbocycles. The van der Waals surface area contributed by atoms with E-state index in [2.05, 4.69) is 42.9 Å². The van der Waals surface area contributed by atoms with E-state index >= 15 is 0 Å². The molecule has 0 aliphatic rings. The van der Waals surface area contributed by atoms with Crippen molar-refractivity contribution < 1.29 is 14.2 Å². The molecule has 0 saturated heterocycles. The molecule has 116 valence electrons. The first-order valence-electron chi connectivity index (χ1n) is 6.90. The number of hydrogen-bond acceptors (Lipinski definition) is 3. The van der Waals surface area contributed by atoms with Crippen LogP contribution in [-0.4, -0.2) is 29.4 Å². The number of hydrogen-bond donors (Lipinski definition) is 0. The van der Waals surface area contributed by atoms with Crippen molar-refractivity contribution in [2.24, 2.45) is 0 Å². The Bertz CT molecular complexity index is 637. The maximum absolute atomic E-state index is 5.29. The quantitative estimate of drug-likeness (QED) is 0.631. The summed E-state index contributed by atoms with van der Waals surface area (Å²) < 4.78 is 15.9. The smallest absolute Gasteiger partial charge is 0.203 e. The summed E-state index contributed by atoms with van der Waals surface area (Å²) in [7, 11) is 3.42. The highest BCUT2D eigenvalue weighted by Gasteiger charge is 2.12. The van der Waals surface area contributed by atoms with Gasteiger partial charge in [0.25, 0.3) is 0 Å². The van der Waals surface area contributed by atoms with Crippen LogP contribution in [0.1, 0.15) is 5.56 Å². The van der Waals surface area contributed by atoms with Gasteiger partial charge in [0, 0.05) is 5.56 Å². The van der Waals surface area contributed by atoms with Crippen molar-refractivity contribution in [3.63, 3.8) is 0 Å². The molecule has 0 aliphatic heterocycles. The molecule has 0 atom stereocenters. The predicted molar refractivity (Wildman–Crippen MR) is 93.2 cm³/mol. The van der Waals surface area contributed by atoms with Gasteiger partial charge in [0.05, 0.1) is 21.3 Å². The lowest BCUT2D eigenvalue weighted by molar-refractivity contribution is 0.324. The van der Waals surface area contributed by atoms with Crippen molar-refractivity contribution in [3.8, 4) is 40.6 Å². The standard InChI is InChI=1S/C18H22O3Si/c1-19-16-13-15(14-17(20-2)18(16)21-3)11-9-7-8-10-12-22(4,5)6/h7-8,13-14H,1-6H3/b8-7-. The lowest BCUT2D eigenvalue weighted by Crippen LogP contribution is -2.16. The zero-order valence-electron chi connectivity index (χ0n) is 14.0. The van der Waals surface area contributed by atoms with Gasteiger partial charge in [-0.3, -0.25) is 0 Å². The molecule has 0 spiro atoms. The highest BCUT2D eigenvalue weighted by Crippen LogP contribution is 2.37. The maximum Gasteiger partial charge on any atom is 0.203 e. The summed E-state index contributed by atoms with van der Waals surface area (Å²) in [6.07, 6.45) is 3.53. The van der Waals surface area contributed by atoms with Crippen molar-refractivity contribution >= 4 is 8.07 Å². The summed E-state index contributed by atoms with van der Waals surface area (Å²) in [6.45, 7) is 6.61. The predicted octanol–water partition coefficient (Wildman–Crippen LogP) is 3.50. The van der Waals surface area contributed by atoms with Gasteiger partial charge < -0.3 is 14.2 Å². The molecule has 0 heterocycles. The number of benzene rings is 1. The monoisotopic (exact) mass is 314 g/mol. The first kappa shape index (κ1) is 17.7. The second-order valence-electron chi connectivity index (χ2n) is 5.54. The molecule has 0 N–H and O–H groups in total. The van der Waals surface area contributed by atoms with Crippen LogP contribution in [-0.2, 0) is 0 Å². The molecule has 1 rings (SSSR count). The van der Waals surface area contributed by atoms with Gasteiger partial charge in [-0.1, -0.05) is 37.4 Å². The molecule has 1 aromatic rings. The lowest BCUT2D eigenvalue weighted by Gasteiger charge is -2.12. The highest BCUT2D eigenvalue weighted by molar-refractivity contribution is 6.83. The number of rotatable bonds is 3. The van der Waals surface area contributed by atoms with Crippen molar-refractivity contribution in [1.29, 1.82) is 0 Å². The van der Waals surface area contributed by atoms with Gasteiger partial charge in [-0.05, 0) is 24.3 Å². The van der Waals surface area contributed by atoms with Crippen molar-refractivity contribution in [3.05, 3.63) is 29.8 Å². The summed E-state index contributed by atoms with van der Waals surface area (Å²) in [5.41, 5.74) is 4.04. The SMILES string of the molecule is COc1cc(C#C/C=C\C#C[Si](C)(C)C)cc(OC)c1OC. The fourth-order valence-corrected chi connectivity index (χ4v) is 2.14. The highest BCUT2D eigenvalue weighted by atomic mass is 28.3. The van der Waals surface area contributed by atoms with Crippen LogP contribution in [0.5, 0.6) is 17.2 Å². The number of allylic oxidation sites excluding steroid dienone is 2. The first-order chi connectivity index (χ1) is 10.4. The molecule has 1 aromatic carbocycles. The minimum absolute atomic E-state index is 0.562. The van der Waals surface area contributed by atoms with Gasteiger partial charge in [0.15, 0.2) is 11.5 Å². The molecular weight excluding hydrogens is 292 g/mol. The molecule has 0 aromatic heterocycles. The molecule has 0 unspecified atom stereocenters. The number of methoxy groups -OCH3 is 3. The van der Waals surface area contributed by atoms with Gasteiger partial charge in [0.1, 0.15) is 8.07 Å². The van der Waals surface area contributed by atoms with Gasteiger partial charge in [0.2, 0.25) is 5.75 Å². The maximum atomic E-state index is 5.29. The van der Waals surface area contributed by atoms with E-state index in [-0.39, 0.29) is 0 Å². The van der Waals surface area contributed by atoms with Gasteiger partial charge in [-0.2, -0.15) is 0 Å². The van der Waals surface area contributed by atoms with E-state index in [0.717, 1.165) is 5.56 Å². The Labute approximate surface area is 134 Å². The third-order valence-electron chi connectivity index (χ3n) is 2.58. The molecule has 0 radical (unpaired) electrons. The van der Waals surface area contributed by atoms with Crippen LogP contribution in [0, 0.1) is 23.3 Å². The van der Waals surface area contributed by atoms with Crippen molar-refractivity contribution in [2.75, 3.05) is 21.3 Å². The van der Waals surface area contributed by atoms with E-state index in [1.165, 1.54) is 0 Å². The second-order valence-corrected chi connectivity index (χ2v) is 10.3. The van der Waals surface area contributed by atoms with Crippen LogP contribution in [0.3, 0.4) is 0 Å². The van der Waals surface area contributed by atoms with Crippen molar-refractivity contribution in [1.82, 2.24) is 0 Å². The Morgan fingerprint density at radius 2 is 1.41 bits per heavy atom. The zero-order chi connectivity index (χ0) is 16.6. The van der Waals surface area contributed by atoms with Crippen LogP contribution in [0.2, 0.25) is 19.6 Å². The van der Waals surface area contributed by atoms with Crippen LogP contribution < -0.4 is 14.2 Å². The topological polar surface area (TPSA) is 27.7 Å². The Morgan fingerprint density at radius 3 is 1.86 bits per heavy atom. The molecule has 0 saturated carbocycles. The number of ether oxygens (including phenoxy) is 3. The summed E-state index contributed by atoms with van der Waals surface area (Å²) in [6, 6.07) is 3.63. The van der Waals surface area contributed by atoms with E-state index in [4.69, 9.17) is 14.2 Å². The van der Waals surface area contributed by atoms with Crippen LogP contribution >= 0.6 is 0 Å². The van der Waals surface area contributed by atoms with Crippen molar-refractivity contribution in [2.45, 2.75) is 19.6 Å². The molecular formula is C18H22O3Si.